The van der Waals surface area contributed by atoms with Gasteiger partial charge < -0.3 is 4.90 Å². The van der Waals surface area contributed by atoms with Gasteiger partial charge in [0.05, 0.1) is 5.75 Å². The molecule has 25 heavy (non-hydrogen) atoms. The fraction of sp³-hybridized carbons (Fsp3) is 0.533. The lowest BCUT2D eigenvalue weighted by atomic mass is 10.1. The molecule has 0 atom stereocenters. The van der Waals surface area contributed by atoms with E-state index in [4.69, 9.17) is 0 Å². The zero-order valence-corrected chi connectivity index (χ0v) is 16.2. The van der Waals surface area contributed by atoms with E-state index in [1.165, 1.54) is 18.4 Å². The molecule has 1 aliphatic heterocycles. The van der Waals surface area contributed by atoms with E-state index in [1.807, 2.05) is 0 Å². The van der Waals surface area contributed by atoms with Gasteiger partial charge in [-0.1, -0.05) is 12.1 Å². The van der Waals surface area contributed by atoms with Gasteiger partial charge in [-0.25, -0.2) is 8.42 Å². The first-order valence-corrected chi connectivity index (χ1v) is 11.2. The molecule has 8 nitrogen and oxygen atoms in total. The first-order valence-electron chi connectivity index (χ1n) is 7.74. The third-order valence-corrected chi connectivity index (χ3v) is 6.74. The minimum atomic E-state index is -3.46. The summed E-state index contributed by atoms with van der Waals surface area (Å²) in [5, 5.41) is 0. The van der Waals surface area contributed by atoms with E-state index in [0.717, 1.165) is 10.6 Å². The maximum Gasteiger partial charge on any atom is 0.281 e. The molecule has 0 N–H and O–H groups in total. The Kier molecular flexibility index (Phi) is 5.87. The van der Waals surface area contributed by atoms with Crippen LogP contribution >= 0.6 is 0 Å². The van der Waals surface area contributed by atoms with Crippen LogP contribution in [0.15, 0.2) is 24.3 Å². The molecule has 1 saturated heterocycles. The van der Waals surface area contributed by atoms with Gasteiger partial charge in [0.2, 0.25) is 0 Å². The van der Waals surface area contributed by atoms with E-state index in [-0.39, 0.29) is 24.7 Å². The van der Waals surface area contributed by atoms with E-state index in [9.17, 15) is 21.6 Å². The highest BCUT2D eigenvalue weighted by Crippen LogP contribution is 2.14. The number of amides is 1. The molecule has 1 fully saturated rings. The van der Waals surface area contributed by atoms with Crippen molar-refractivity contribution in [3.8, 4) is 0 Å². The average molecular weight is 389 g/mol. The lowest BCUT2D eigenvalue weighted by Crippen LogP contribution is -2.53. The smallest absolute Gasteiger partial charge is 0.281 e. The number of sulfone groups is 1. The number of hydrogen-bond donors (Lipinski definition) is 0. The van der Waals surface area contributed by atoms with Gasteiger partial charge in [-0.2, -0.15) is 17.0 Å². The summed E-state index contributed by atoms with van der Waals surface area (Å²) in [7, 11) is -3.63. The summed E-state index contributed by atoms with van der Waals surface area (Å²) in [6.45, 7) is 1.13. The zero-order chi connectivity index (χ0) is 18.8. The van der Waals surface area contributed by atoms with Crippen molar-refractivity contribution in [2.75, 3.05) is 46.5 Å². The Labute approximate surface area is 149 Å². The molecule has 0 spiro atoms. The second kappa shape index (κ2) is 7.40. The predicted octanol–water partition coefficient (Wildman–Crippen LogP) is -0.205. The standard InChI is InChI=1S/C15H23N3O5S2/c1-16(2)25(22,23)18-10-8-17(9-11-18)15(19)14-6-4-13(5-7-14)12-24(3,20)21/h4-7H,8-12H2,1-3H3. The quantitative estimate of drug-likeness (QED) is 0.695. The van der Waals surface area contributed by atoms with Crippen LogP contribution in [-0.4, -0.2) is 82.8 Å². The summed E-state index contributed by atoms with van der Waals surface area (Å²) in [5.41, 5.74) is 1.09. The zero-order valence-electron chi connectivity index (χ0n) is 14.5. The van der Waals surface area contributed by atoms with Crippen LogP contribution in [0.5, 0.6) is 0 Å². The molecule has 0 aromatic heterocycles. The molecule has 0 saturated carbocycles. The summed E-state index contributed by atoms with van der Waals surface area (Å²) >= 11 is 0. The Bertz CT molecular complexity index is 824. The van der Waals surface area contributed by atoms with Crippen molar-refractivity contribution >= 4 is 26.0 Å². The van der Waals surface area contributed by atoms with Crippen LogP contribution in [-0.2, 0) is 25.8 Å². The Morgan fingerprint density at radius 3 is 1.96 bits per heavy atom. The Balaban J connectivity index is 2.01. The summed E-state index contributed by atoms with van der Waals surface area (Å²) < 4.78 is 49.3. The number of rotatable bonds is 5. The van der Waals surface area contributed by atoms with Gasteiger partial charge in [-0.05, 0) is 17.7 Å². The summed E-state index contributed by atoms with van der Waals surface area (Å²) in [4.78, 5) is 14.1. The number of hydrogen-bond acceptors (Lipinski definition) is 5. The Morgan fingerprint density at radius 2 is 1.52 bits per heavy atom. The highest BCUT2D eigenvalue weighted by Gasteiger charge is 2.30. The van der Waals surface area contributed by atoms with Crippen molar-refractivity contribution < 1.29 is 21.6 Å². The van der Waals surface area contributed by atoms with Gasteiger partial charge in [0.25, 0.3) is 16.1 Å². The first kappa shape index (κ1) is 19.8. The molecule has 0 unspecified atom stereocenters. The summed E-state index contributed by atoms with van der Waals surface area (Å²) in [6, 6.07) is 6.46. The molecule has 1 heterocycles. The fourth-order valence-electron chi connectivity index (χ4n) is 2.58. The minimum absolute atomic E-state index is 0.0669. The highest BCUT2D eigenvalue weighted by molar-refractivity contribution is 7.89. The molecule has 10 heteroatoms. The van der Waals surface area contributed by atoms with E-state index >= 15 is 0 Å². The third kappa shape index (κ3) is 5.00. The third-order valence-electron chi connectivity index (χ3n) is 3.94. The average Bonchev–Trinajstić information content (AvgIpc) is 2.53. The van der Waals surface area contributed by atoms with Gasteiger partial charge in [-0.15, -0.1) is 0 Å². The van der Waals surface area contributed by atoms with Crippen molar-refractivity contribution in [1.29, 1.82) is 0 Å². The SMILES string of the molecule is CN(C)S(=O)(=O)N1CCN(C(=O)c2ccc(CS(C)(=O)=O)cc2)CC1. The number of piperazine rings is 1. The maximum absolute atomic E-state index is 12.5. The number of carbonyl (C=O) groups excluding carboxylic acids is 1. The molecule has 0 bridgehead atoms. The van der Waals surface area contributed by atoms with Crippen LogP contribution in [0.3, 0.4) is 0 Å². The van der Waals surface area contributed by atoms with Crippen molar-refractivity contribution in [1.82, 2.24) is 13.5 Å². The largest absolute Gasteiger partial charge is 0.336 e. The van der Waals surface area contributed by atoms with Crippen molar-refractivity contribution in [3.05, 3.63) is 35.4 Å². The molecule has 1 aromatic carbocycles. The van der Waals surface area contributed by atoms with Crippen molar-refractivity contribution in [3.63, 3.8) is 0 Å². The molecule has 2 rings (SSSR count). The van der Waals surface area contributed by atoms with Crippen molar-refractivity contribution in [2.24, 2.45) is 0 Å². The lowest BCUT2D eigenvalue weighted by molar-refractivity contribution is 0.0695. The Morgan fingerprint density at radius 1 is 1.00 bits per heavy atom. The molecule has 1 amide bonds. The molecular formula is C15H23N3O5S2. The normalized spacial score (nSPS) is 17.0. The molecular weight excluding hydrogens is 366 g/mol. The van der Waals surface area contributed by atoms with Crippen LogP contribution in [0.2, 0.25) is 0 Å². The highest BCUT2D eigenvalue weighted by atomic mass is 32.2. The number of benzene rings is 1. The van der Waals surface area contributed by atoms with Crippen LogP contribution in [0.4, 0.5) is 0 Å². The molecule has 140 valence electrons. The van der Waals surface area contributed by atoms with E-state index in [0.29, 0.717) is 24.2 Å². The Hall–Kier alpha value is -1.49. The fourth-order valence-corrected chi connectivity index (χ4v) is 4.47. The van der Waals surface area contributed by atoms with Gasteiger partial charge in [0, 0.05) is 52.1 Å². The monoisotopic (exact) mass is 389 g/mol. The van der Waals surface area contributed by atoms with Gasteiger partial charge in [0.15, 0.2) is 9.84 Å². The number of carbonyl (C=O) groups is 1. The van der Waals surface area contributed by atoms with Crippen LogP contribution in [0.25, 0.3) is 0 Å². The van der Waals surface area contributed by atoms with Gasteiger partial charge in [0.1, 0.15) is 0 Å². The molecule has 1 aromatic rings. The second-order valence-corrected chi connectivity index (χ2v) is 10.5. The summed E-state index contributed by atoms with van der Waals surface area (Å²) in [6.07, 6.45) is 1.16. The first-order chi connectivity index (χ1) is 11.5. The van der Waals surface area contributed by atoms with Crippen LogP contribution in [0, 0.1) is 0 Å². The topological polar surface area (TPSA) is 95.1 Å². The van der Waals surface area contributed by atoms with E-state index in [1.54, 1.807) is 29.2 Å². The van der Waals surface area contributed by atoms with Gasteiger partial charge >= 0.3 is 0 Å². The lowest BCUT2D eigenvalue weighted by Gasteiger charge is -2.35. The molecule has 0 radical (unpaired) electrons. The molecule has 0 aliphatic carbocycles. The van der Waals surface area contributed by atoms with Crippen LogP contribution in [0.1, 0.15) is 15.9 Å². The molecule has 1 aliphatic rings. The van der Waals surface area contributed by atoms with E-state index in [2.05, 4.69) is 0 Å². The van der Waals surface area contributed by atoms with Crippen molar-refractivity contribution in [2.45, 2.75) is 5.75 Å². The minimum Gasteiger partial charge on any atom is -0.336 e. The second-order valence-electron chi connectivity index (χ2n) is 6.25. The van der Waals surface area contributed by atoms with Gasteiger partial charge in [-0.3, -0.25) is 4.79 Å². The van der Waals surface area contributed by atoms with Crippen LogP contribution < -0.4 is 0 Å². The predicted molar refractivity (Wildman–Crippen MR) is 95.1 cm³/mol. The van der Waals surface area contributed by atoms with E-state index < -0.39 is 20.0 Å². The summed E-state index contributed by atoms with van der Waals surface area (Å²) in [5.74, 6) is -0.254. The maximum atomic E-state index is 12.5. The number of nitrogens with zero attached hydrogens (tertiary/aromatic N) is 3.